The molecule has 280 valence electrons. The third-order valence-electron chi connectivity index (χ3n) is 12.2. The summed E-state index contributed by atoms with van der Waals surface area (Å²) < 4.78 is 19.8. The molecule has 0 N–H and O–H groups in total. The van der Waals surface area contributed by atoms with Crippen molar-refractivity contribution in [3.8, 4) is 22.3 Å². The minimum atomic E-state index is 0.828. The first-order valence-electron chi connectivity index (χ1n) is 20.3. The number of rotatable bonds is 5. The van der Waals surface area contributed by atoms with E-state index in [1.807, 2.05) is 12.1 Å². The van der Waals surface area contributed by atoms with Crippen LogP contribution in [-0.4, -0.2) is 0 Å². The molecule has 0 saturated carbocycles. The van der Waals surface area contributed by atoms with Gasteiger partial charge in [0, 0.05) is 43.9 Å². The molecule has 0 fully saturated rings. The lowest BCUT2D eigenvalue weighted by Gasteiger charge is -2.27. The second-order valence-electron chi connectivity index (χ2n) is 15.6. The molecular weight excluding hydrogens is 735 g/mol. The van der Waals surface area contributed by atoms with Gasteiger partial charge in [0.2, 0.25) is 0 Å². The van der Waals surface area contributed by atoms with Crippen molar-refractivity contribution in [2.45, 2.75) is 0 Å². The highest BCUT2D eigenvalue weighted by atomic mass is 16.3. The monoisotopic (exact) mass is 767 g/mol. The van der Waals surface area contributed by atoms with E-state index in [-0.39, 0.29) is 0 Å². The van der Waals surface area contributed by atoms with Crippen molar-refractivity contribution < 1.29 is 13.3 Å². The van der Waals surface area contributed by atoms with E-state index >= 15 is 0 Å². The Kier molecular flexibility index (Phi) is 6.98. The lowest BCUT2D eigenvalue weighted by Crippen LogP contribution is -2.10. The Bertz CT molecular complexity index is 3780. The summed E-state index contributed by atoms with van der Waals surface area (Å²) in [5.41, 5.74) is 12.6. The van der Waals surface area contributed by atoms with Gasteiger partial charge in [-0.1, -0.05) is 127 Å². The van der Waals surface area contributed by atoms with Crippen LogP contribution < -0.4 is 4.90 Å². The number of hydrogen-bond donors (Lipinski definition) is 0. The number of benzene rings is 10. The second-order valence-corrected chi connectivity index (χ2v) is 15.6. The Morgan fingerprint density at radius 2 is 0.867 bits per heavy atom. The van der Waals surface area contributed by atoms with Crippen LogP contribution in [0.3, 0.4) is 0 Å². The van der Waals surface area contributed by atoms with Gasteiger partial charge in [-0.05, 0) is 111 Å². The molecule has 0 bridgehead atoms. The molecule has 13 aromatic rings. The van der Waals surface area contributed by atoms with Crippen LogP contribution in [0.15, 0.2) is 213 Å². The summed E-state index contributed by atoms with van der Waals surface area (Å²) >= 11 is 0. The van der Waals surface area contributed by atoms with Crippen LogP contribution in [0.2, 0.25) is 0 Å². The van der Waals surface area contributed by atoms with Gasteiger partial charge >= 0.3 is 0 Å². The smallest absolute Gasteiger partial charge is 0.143 e. The summed E-state index contributed by atoms with van der Waals surface area (Å²) in [5, 5.41) is 11.2. The van der Waals surface area contributed by atoms with Crippen LogP contribution >= 0.6 is 0 Å². The van der Waals surface area contributed by atoms with Crippen molar-refractivity contribution in [1.29, 1.82) is 0 Å². The lowest BCUT2D eigenvalue weighted by atomic mass is 9.95. The Balaban J connectivity index is 1.00. The highest BCUT2D eigenvalue weighted by Gasteiger charge is 2.23. The van der Waals surface area contributed by atoms with Gasteiger partial charge in [-0.3, -0.25) is 0 Å². The minimum Gasteiger partial charge on any atom is -0.456 e. The van der Waals surface area contributed by atoms with E-state index in [1.54, 1.807) is 0 Å². The van der Waals surface area contributed by atoms with Gasteiger partial charge in [0.25, 0.3) is 0 Å². The lowest BCUT2D eigenvalue weighted by molar-refractivity contribution is 0.668. The first-order chi connectivity index (χ1) is 29.7. The van der Waals surface area contributed by atoms with Gasteiger partial charge in [0.1, 0.15) is 33.5 Å². The average Bonchev–Trinajstić information content (AvgIpc) is 4.00. The van der Waals surface area contributed by atoms with E-state index in [9.17, 15) is 0 Å². The fourth-order valence-corrected chi connectivity index (χ4v) is 9.42. The van der Waals surface area contributed by atoms with Crippen molar-refractivity contribution in [2.24, 2.45) is 0 Å². The summed E-state index contributed by atoms with van der Waals surface area (Å²) in [5.74, 6) is 0. The third-order valence-corrected chi connectivity index (χ3v) is 12.2. The molecule has 0 aliphatic heterocycles. The Morgan fingerprint density at radius 3 is 1.67 bits per heavy atom. The zero-order valence-electron chi connectivity index (χ0n) is 32.2. The summed E-state index contributed by atoms with van der Waals surface area (Å²) in [6.45, 7) is 0. The largest absolute Gasteiger partial charge is 0.456 e. The van der Waals surface area contributed by atoms with E-state index in [1.165, 1.54) is 21.5 Å². The van der Waals surface area contributed by atoms with Crippen LogP contribution in [0.1, 0.15) is 0 Å². The van der Waals surface area contributed by atoms with E-state index in [0.29, 0.717) is 0 Å². The van der Waals surface area contributed by atoms with E-state index < -0.39 is 0 Å². The van der Waals surface area contributed by atoms with E-state index in [0.717, 1.165) is 105 Å². The van der Waals surface area contributed by atoms with Crippen molar-refractivity contribution >= 4 is 104 Å². The molecule has 4 nitrogen and oxygen atoms in total. The first kappa shape index (κ1) is 32.9. The number of anilines is 3. The van der Waals surface area contributed by atoms with Crippen molar-refractivity contribution in [2.75, 3.05) is 4.90 Å². The summed E-state index contributed by atoms with van der Waals surface area (Å²) in [4.78, 5) is 2.37. The van der Waals surface area contributed by atoms with Crippen LogP contribution in [0.5, 0.6) is 0 Å². The van der Waals surface area contributed by atoms with Gasteiger partial charge < -0.3 is 18.2 Å². The molecule has 0 atom stereocenters. The van der Waals surface area contributed by atoms with E-state index in [2.05, 4.69) is 193 Å². The molecule has 4 heteroatoms. The highest BCUT2D eigenvalue weighted by Crippen LogP contribution is 2.47. The van der Waals surface area contributed by atoms with Crippen LogP contribution in [0.4, 0.5) is 17.1 Å². The molecule has 0 radical (unpaired) electrons. The molecule has 0 aliphatic carbocycles. The minimum absolute atomic E-state index is 0.828. The van der Waals surface area contributed by atoms with E-state index in [4.69, 9.17) is 13.3 Å². The van der Waals surface area contributed by atoms with Gasteiger partial charge in [-0.2, -0.15) is 0 Å². The zero-order valence-corrected chi connectivity index (χ0v) is 32.2. The van der Waals surface area contributed by atoms with Gasteiger partial charge in [-0.25, -0.2) is 0 Å². The van der Waals surface area contributed by atoms with Gasteiger partial charge in [0.05, 0.1) is 11.1 Å². The molecule has 10 aromatic carbocycles. The second kappa shape index (κ2) is 12.7. The quantitative estimate of drug-likeness (QED) is 0.175. The van der Waals surface area contributed by atoms with Crippen LogP contribution in [-0.2, 0) is 0 Å². The summed E-state index contributed by atoms with van der Waals surface area (Å²) in [6, 6.07) is 70.9. The molecule has 0 spiro atoms. The SMILES string of the molecule is c1ccc2cc(N(c3ccc4ccccc4c3)c3cccc4oc5c(-c6cccc7oc8ccc(-c9ccc%10c(c9)oc9ccccc9%10)cc8c67)cccc5c34)ccc2c1. The van der Waals surface area contributed by atoms with Crippen LogP contribution in [0, 0.1) is 0 Å². The maximum absolute atomic E-state index is 6.97. The molecule has 0 amide bonds. The maximum Gasteiger partial charge on any atom is 0.143 e. The topological polar surface area (TPSA) is 42.7 Å². The predicted octanol–water partition coefficient (Wildman–Crippen LogP) is 16.5. The summed E-state index contributed by atoms with van der Waals surface area (Å²) in [7, 11) is 0. The Morgan fingerprint density at radius 1 is 0.300 bits per heavy atom. The number of hydrogen-bond acceptors (Lipinski definition) is 4. The standard InChI is InChI=1S/C56H33NO3/c1-3-12-36-30-40(26-22-34(36)10-1)57(41-27-23-35-11-2-4-13-37(35)31-41)48-18-9-21-52-55(48)46-17-7-16-45(56(46)60-52)44-15-8-20-51-54(44)47-32-38(25-29-50(47)58-51)39-24-28-43-42-14-5-6-19-49(42)59-53(43)33-39/h1-33H. The van der Waals surface area contributed by atoms with Crippen molar-refractivity contribution in [3.63, 3.8) is 0 Å². The normalized spacial score (nSPS) is 12.0. The third kappa shape index (κ3) is 4.98. The van der Waals surface area contributed by atoms with Crippen molar-refractivity contribution in [1.82, 2.24) is 0 Å². The maximum atomic E-state index is 6.97. The fraction of sp³-hybridized carbons (Fsp3) is 0. The average molecular weight is 768 g/mol. The molecule has 3 aromatic heterocycles. The van der Waals surface area contributed by atoms with Gasteiger partial charge in [-0.15, -0.1) is 0 Å². The highest BCUT2D eigenvalue weighted by molar-refractivity contribution is 6.20. The Hall–Kier alpha value is -8.08. The molecule has 60 heavy (non-hydrogen) atoms. The Labute approximate surface area is 343 Å². The number of fused-ring (bicyclic) bond motifs is 11. The molecular formula is C56H33NO3. The molecule has 0 aliphatic rings. The summed E-state index contributed by atoms with van der Waals surface area (Å²) in [6.07, 6.45) is 0. The molecule has 0 unspecified atom stereocenters. The molecule has 13 rings (SSSR count). The zero-order chi connectivity index (χ0) is 39.3. The first-order valence-corrected chi connectivity index (χ1v) is 20.3. The fourth-order valence-electron chi connectivity index (χ4n) is 9.42. The predicted molar refractivity (Wildman–Crippen MR) is 249 cm³/mol. The number of furan rings is 3. The van der Waals surface area contributed by atoms with Crippen molar-refractivity contribution in [3.05, 3.63) is 200 Å². The number of para-hydroxylation sites is 2. The van der Waals surface area contributed by atoms with Gasteiger partial charge in [0.15, 0.2) is 0 Å². The molecule has 0 saturated heterocycles. The molecule has 3 heterocycles. The number of nitrogens with zero attached hydrogens (tertiary/aromatic N) is 1. The van der Waals surface area contributed by atoms with Crippen LogP contribution in [0.25, 0.3) is 110 Å².